The summed E-state index contributed by atoms with van der Waals surface area (Å²) in [6.45, 7) is 5.42. The zero-order valence-corrected chi connectivity index (χ0v) is 22.2. The Morgan fingerprint density at radius 1 is 0.688 bits per heavy atom. The molecule has 0 saturated carbocycles. The van der Waals surface area contributed by atoms with Gasteiger partial charge in [-0.2, -0.15) is 0 Å². The van der Waals surface area contributed by atoms with E-state index in [1.807, 2.05) is 13.8 Å². The normalized spacial score (nSPS) is 21.9. The molecule has 2 heterocycles. The molecule has 10 heteroatoms. The minimum Gasteiger partial charge on any atom is -0.310 e. The van der Waals surface area contributed by atoms with E-state index in [0.717, 1.165) is 37.4 Å². The van der Waals surface area contributed by atoms with Crippen molar-refractivity contribution in [3.63, 3.8) is 0 Å². The van der Waals surface area contributed by atoms with Crippen molar-refractivity contribution in [2.75, 3.05) is 13.1 Å². The molecular formula is C22H34N4O2S4. The van der Waals surface area contributed by atoms with Gasteiger partial charge in [-0.05, 0) is 26.7 Å². The smallest absolute Gasteiger partial charge is 0.244 e. The second kappa shape index (κ2) is 15.1. The molecule has 2 atom stereocenters. The molecule has 2 aliphatic heterocycles. The summed E-state index contributed by atoms with van der Waals surface area (Å²) in [5.74, 6) is -0.0714. The third kappa shape index (κ3) is 9.97. The van der Waals surface area contributed by atoms with Crippen LogP contribution < -0.4 is 10.6 Å². The van der Waals surface area contributed by atoms with Gasteiger partial charge in [0, 0.05) is 24.5 Å². The maximum atomic E-state index is 11.7. The first-order valence-corrected chi connectivity index (χ1v) is 14.0. The topological polar surface area (TPSA) is 82.9 Å². The third-order valence-corrected chi connectivity index (χ3v) is 8.42. The van der Waals surface area contributed by atoms with Crippen LogP contribution in [0.3, 0.4) is 0 Å². The zero-order chi connectivity index (χ0) is 23.3. The van der Waals surface area contributed by atoms with E-state index in [0.29, 0.717) is 8.64 Å². The molecule has 2 saturated heterocycles. The Morgan fingerprint density at radius 2 is 1.00 bits per heavy atom. The van der Waals surface area contributed by atoms with Crippen molar-refractivity contribution in [3.8, 4) is 0 Å². The number of hydrogen-bond donors (Lipinski definition) is 2. The molecule has 32 heavy (non-hydrogen) atoms. The molecule has 178 valence electrons. The molecule has 0 spiro atoms. The summed E-state index contributed by atoms with van der Waals surface area (Å²) in [6.07, 6.45) is 12.2. The van der Waals surface area contributed by atoms with E-state index in [1.54, 1.807) is 0 Å². The van der Waals surface area contributed by atoms with Crippen LogP contribution in [0.1, 0.15) is 78.1 Å². The average molecular weight is 515 g/mol. The fourth-order valence-electron chi connectivity index (χ4n) is 3.58. The van der Waals surface area contributed by atoms with Crippen LogP contribution in [0.4, 0.5) is 0 Å². The Hall–Kier alpha value is -0.840. The number of amides is 2. The lowest BCUT2D eigenvalue weighted by Crippen LogP contribution is -2.28. The zero-order valence-electron chi connectivity index (χ0n) is 19.0. The van der Waals surface area contributed by atoms with Gasteiger partial charge in [-0.25, -0.2) is 0 Å². The number of carbonyl (C=O) groups excluding carboxylic acids is 2. The molecule has 0 radical (unpaired) electrons. The fraction of sp³-hybridized carbons (Fsp3) is 0.727. The minimum atomic E-state index is -0.232. The number of rotatable bonds is 15. The Morgan fingerprint density at radius 3 is 1.28 bits per heavy atom. The molecular weight excluding hydrogens is 481 g/mol. The maximum absolute atomic E-state index is 11.7. The maximum Gasteiger partial charge on any atom is 0.244 e. The quantitative estimate of drug-likeness (QED) is 0.185. The predicted octanol–water partition coefficient (Wildman–Crippen LogP) is 4.84. The van der Waals surface area contributed by atoms with Crippen LogP contribution in [-0.4, -0.2) is 55.5 Å². The molecule has 2 aliphatic rings. The standard InChI is InChI=1S/C22H34N4O2S4/c1-15(17-19(27)25-21(29)31-17)23-13-11-9-7-5-3-4-6-8-10-12-14-24-16(2)18-20(28)26-22(30)32-18/h17-18H,3-14H2,1-2H3,(H,25,27,29)(H,26,28,30). The first kappa shape index (κ1) is 27.4. The molecule has 2 fully saturated rings. The lowest BCUT2D eigenvalue weighted by atomic mass is 10.1. The Labute approximate surface area is 211 Å². The Kier molecular flexibility index (Phi) is 13.0. The third-order valence-electron chi connectivity index (χ3n) is 5.42. The second-order valence-electron chi connectivity index (χ2n) is 8.13. The molecule has 2 amide bonds. The molecule has 0 aromatic carbocycles. The number of unbranched alkanes of at least 4 members (excludes halogenated alkanes) is 9. The van der Waals surface area contributed by atoms with Crippen molar-refractivity contribution in [3.05, 3.63) is 0 Å². The van der Waals surface area contributed by atoms with Crippen LogP contribution in [0.15, 0.2) is 9.98 Å². The van der Waals surface area contributed by atoms with E-state index in [1.165, 1.54) is 74.9 Å². The van der Waals surface area contributed by atoms with Crippen LogP contribution >= 0.6 is 48.0 Å². The molecule has 0 aromatic heterocycles. The Balaban J connectivity index is 1.38. The monoisotopic (exact) mass is 514 g/mol. The number of hydrogen-bond acceptors (Lipinski definition) is 8. The van der Waals surface area contributed by atoms with Crippen LogP contribution in [0.5, 0.6) is 0 Å². The van der Waals surface area contributed by atoms with Gasteiger partial charge in [0.1, 0.15) is 19.1 Å². The lowest BCUT2D eigenvalue weighted by Gasteiger charge is -2.06. The number of thioether (sulfide) groups is 2. The molecule has 0 aliphatic carbocycles. The molecule has 0 aromatic rings. The van der Waals surface area contributed by atoms with E-state index in [2.05, 4.69) is 20.6 Å². The van der Waals surface area contributed by atoms with Gasteiger partial charge in [-0.3, -0.25) is 19.6 Å². The highest BCUT2D eigenvalue weighted by molar-refractivity contribution is 8.25. The van der Waals surface area contributed by atoms with E-state index in [-0.39, 0.29) is 22.3 Å². The first-order chi connectivity index (χ1) is 15.4. The summed E-state index contributed by atoms with van der Waals surface area (Å²) < 4.78 is 1.11. The van der Waals surface area contributed by atoms with Gasteiger partial charge in [0.2, 0.25) is 11.8 Å². The van der Waals surface area contributed by atoms with E-state index < -0.39 is 0 Å². The number of carbonyl (C=O) groups is 2. The number of aliphatic imine (C=N–C) groups is 2. The van der Waals surface area contributed by atoms with Crippen LogP contribution in [0, 0.1) is 0 Å². The summed E-state index contributed by atoms with van der Waals surface area (Å²) in [6, 6.07) is 0. The fourth-order valence-corrected chi connectivity index (χ4v) is 5.92. The highest BCUT2D eigenvalue weighted by Gasteiger charge is 2.31. The number of thiocarbonyl (C=S) groups is 2. The summed E-state index contributed by atoms with van der Waals surface area (Å²) in [4.78, 5) is 32.6. The van der Waals surface area contributed by atoms with Gasteiger partial charge >= 0.3 is 0 Å². The second-order valence-corrected chi connectivity index (χ2v) is 11.7. The van der Waals surface area contributed by atoms with Gasteiger partial charge in [0.05, 0.1) is 0 Å². The van der Waals surface area contributed by atoms with Gasteiger partial charge in [0.15, 0.2) is 0 Å². The van der Waals surface area contributed by atoms with Gasteiger partial charge in [0.25, 0.3) is 0 Å². The summed E-state index contributed by atoms with van der Waals surface area (Å²) in [5.41, 5.74) is 1.75. The highest BCUT2D eigenvalue weighted by atomic mass is 32.2. The van der Waals surface area contributed by atoms with Crippen molar-refractivity contribution in [2.24, 2.45) is 9.98 Å². The van der Waals surface area contributed by atoms with Crippen LogP contribution in [0.2, 0.25) is 0 Å². The van der Waals surface area contributed by atoms with E-state index in [4.69, 9.17) is 24.4 Å². The lowest BCUT2D eigenvalue weighted by molar-refractivity contribution is -0.118. The number of nitrogens with zero attached hydrogens (tertiary/aromatic N) is 2. The molecule has 2 rings (SSSR count). The molecule has 6 nitrogen and oxygen atoms in total. The average Bonchev–Trinajstić information content (AvgIpc) is 3.27. The summed E-state index contributed by atoms with van der Waals surface area (Å²) in [5, 5.41) is 4.87. The van der Waals surface area contributed by atoms with Crippen molar-refractivity contribution in [2.45, 2.75) is 88.6 Å². The first-order valence-electron chi connectivity index (χ1n) is 11.4. The summed E-state index contributed by atoms with van der Waals surface area (Å²) >= 11 is 12.8. The molecule has 2 N–H and O–H groups in total. The van der Waals surface area contributed by atoms with E-state index in [9.17, 15) is 9.59 Å². The van der Waals surface area contributed by atoms with Gasteiger partial charge < -0.3 is 10.6 Å². The van der Waals surface area contributed by atoms with Crippen molar-refractivity contribution >= 4 is 79.8 Å². The van der Waals surface area contributed by atoms with Crippen molar-refractivity contribution in [1.29, 1.82) is 0 Å². The van der Waals surface area contributed by atoms with Crippen LogP contribution in [0.25, 0.3) is 0 Å². The molecule has 2 unspecified atom stereocenters. The largest absolute Gasteiger partial charge is 0.310 e. The number of nitrogens with one attached hydrogen (secondary N) is 2. The summed E-state index contributed by atoms with van der Waals surface area (Å²) in [7, 11) is 0. The van der Waals surface area contributed by atoms with Crippen LogP contribution in [-0.2, 0) is 9.59 Å². The minimum absolute atomic E-state index is 0.0357. The van der Waals surface area contributed by atoms with Crippen molar-refractivity contribution in [1.82, 2.24) is 10.6 Å². The van der Waals surface area contributed by atoms with Gasteiger partial charge in [-0.15, -0.1) is 0 Å². The molecule has 0 bridgehead atoms. The van der Waals surface area contributed by atoms with E-state index >= 15 is 0 Å². The Bertz CT molecular complexity index is 692. The predicted molar refractivity (Wildman–Crippen MR) is 146 cm³/mol. The van der Waals surface area contributed by atoms with Gasteiger partial charge in [-0.1, -0.05) is 99.3 Å². The van der Waals surface area contributed by atoms with Crippen molar-refractivity contribution < 1.29 is 9.59 Å². The SMILES string of the molecule is CC(=NCCCCCCCCCCCCN=C(C)C1SC(=S)NC1=O)C1SC(=S)NC1=O. The highest BCUT2D eigenvalue weighted by Crippen LogP contribution is 2.21.